The first-order valence-electron chi connectivity index (χ1n) is 5.59. The van der Waals surface area contributed by atoms with Crippen LogP contribution in [-0.4, -0.2) is 36.9 Å². The molecule has 1 aliphatic heterocycles. The number of thiophene rings is 1. The fraction of sp³-hybridized carbons (Fsp3) is 0.545. The Morgan fingerprint density at radius 2 is 2.11 bits per heavy atom. The van der Waals surface area contributed by atoms with Gasteiger partial charge in [0.15, 0.2) is 0 Å². The van der Waals surface area contributed by atoms with Crippen molar-refractivity contribution in [3.05, 3.63) is 15.8 Å². The number of carbonyl (C=O) groups is 1. The van der Waals surface area contributed by atoms with Crippen molar-refractivity contribution < 1.29 is 18.3 Å². The molecule has 2 heterocycles. The molecule has 0 saturated carbocycles. The number of carboxylic acids is 1. The van der Waals surface area contributed by atoms with E-state index in [0.29, 0.717) is 18.0 Å². The molecule has 1 N–H and O–H groups in total. The summed E-state index contributed by atoms with van der Waals surface area (Å²) in [6, 6.07) is 1.68. The van der Waals surface area contributed by atoms with Gasteiger partial charge in [0.2, 0.25) is 10.0 Å². The number of aryl methyl sites for hydroxylation is 2. The highest BCUT2D eigenvalue weighted by atomic mass is 32.2. The van der Waals surface area contributed by atoms with Crippen molar-refractivity contribution in [1.82, 2.24) is 4.31 Å². The Kier molecular flexibility index (Phi) is 3.48. The summed E-state index contributed by atoms with van der Waals surface area (Å²) in [4.78, 5) is 12.6. The summed E-state index contributed by atoms with van der Waals surface area (Å²) in [7, 11) is -3.43. The predicted octanol–water partition coefficient (Wildman–Crippen LogP) is 1.46. The van der Waals surface area contributed by atoms with Gasteiger partial charge in [-0.3, -0.25) is 4.79 Å². The fourth-order valence-corrected chi connectivity index (χ4v) is 5.21. The summed E-state index contributed by atoms with van der Waals surface area (Å²) in [6.45, 7) is 4.28. The number of nitrogens with zero attached hydrogens (tertiary/aromatic N) is 1. The Hall–Kier alpha value is -0.920. The van der Waals surface area contributed by atoms with Crippen LogP contribution in [0.15, 0.2) is 11.0 Å². The Labute approximate surface area is 110 Å². The maximum atomic E-state index is 12.3. The molecule has 2 rings (SSSR count). The Morgan fingerprint density at radius 1 is 1.50 bits per heavy atom. The van der Waals surface area contributed by atoms with E-state index in [2.05, 4.69) is 0 Å². The minimum Gasteiger partial charge on any atom is -0.481 e. The minimum absolute atomic E-state index is 0.0354. The Balaban J connectivity index is 2.11. The van der Waals surface area contributed by atoms with E-state index in [1.54, 1.807) is 13.0 Å². The summed E-state index contributed by atoms with van der Waals surface area (Å²) >= 11 is 1.46. The van der Waals surface area contributed by atoms with Gasteiger partial charge in [-0.25, -0.2) is 8.42 Å². The molecule has 0 aliphatic carbocycles. The molecule has 0 bridgehead atoms. The van der Waals surface area contributed by atoms with Gasteiger partial charge in [0.1, 0.15) is 0 Å². The van der Waals surface area contributed by atoms with Crippen molar-refractivity contribution in [2.75, 3.05) is 13.1 Å². The maximum Gasteiger partial charge on any atom is 0.303 e. The van der Waals surface area contributed by atoms with Crippen molar-refractivity contribution in [2.45, 2.75) is 25.2 Å². The van der Waals surface area contributed by atoms with E-state index in [4.69, 9.17) is 5.11 Å². The van der Waals surface area contributed by atoms with Gasteiger partial charge in [-0.15, -0.1) is 11.3 Å². The zero-order valence-electron chi connectivity index (χ0n) is 10.2. The first-order chi connectivity index (χ1) is 8.30. The molecule has 7 heteroatoms. The number of hydrogen-bond donors (Lipinski definition) is 1. The highest BCUT2D eigenvalue weighted by molar-refractivity contribution is 7.89. The van der Waals surface area contributed by atoms with Gasteiger partial charge in [0.25, 0.3) is 0 Å². The molecule has 0 aromatic carbocycles. The first-order valence-corrected chi connectivity index (χ1v) is 7.85. The fourth-order valence-electron chi connectivity index (χ4n) is 2.10. The molecule has 1 aliphatic rings. The van der Waals surface area contributed by atoms with Crippen LogP contribution in [-0.2, 0) is 14.8 Å². The summed E-state index contributed by atoms with van der Waals surface area (Å²) in [6.07, 6.45) is 0.0354. The van der Waals surface area contributed by atoms with Crippen LogP contribution in [0.25, 0.3) is 0 Å². The van der Waals surface area contributed by atoms with Gasteiger partial charge in [0, 0.05) is 22.8 Å². The third-order valence-electron chi connectivity index (χ3n) is 3.00. The number of rotatable bonds is 4. The van der Waals surface area contributed by atoms with E-state index in [0.717, 1.165) is 9.75 Å². The Morgan fingerprint density at radius 3 is 2.56 bits per heavy atom. The average Bonchev–Trinajstić information content (AvgIpc) is 2.51. The second-order valence-electron chi connectivity index (χ2n) is 4.56. The highest BCUT2D eigenvalue weighted by Gasteiger charge is 2.38. The van der Waals surface area contributed by atoms with E-state index in [1.807, 2.05) is 6.92 Å². The van der Waals surface area contributed by atoms with Gasteiger partial charge in [0.05, 0.1) is 11.3 Å². The standard InChI is InChI=1S/C11H15NO4S2/c1-7-3-10(8(2)17-7)18(15,16)12-5-9(6-12)4-11(13)14/h3,9H,4-6H2,1-2H3,(H,13,14). The average molecular weight is 289 g/mol. The molecular weight excluding hydrogens is 274 g/mol. The van der Waals surface area contributed by atoms with Crippen LogP contribution in [0.4, 0.5) is 0 Å². The second-order valence-corrected chi connectivity index (χ2v) is 7.93. The summed E-state index contributed by atoms with van der Waals surface area (Å²) in [5.41, 5.74) is 0. The van der Waals surface area contributed by atoms with Gasteiger partial charge < -0.3 is 5.11 Å². The molecule has 1 aromatic rings. The highest BCUT2D eigenvalue weighted by Crippen LogP contribution is 2.32. The summed E-state index contributed by atoms with van der Waals surface area (Å²) in [5, 5.41) is 8.64. The zero-order chi connectivity index (χ0) is 13.5. The maximum absolute atomic E-state index is 12.3. The van der Waals surface area contributed by atoms with E-state index in [1.165, 1.54) is 15.6 Å². The lowest BCUT2D eigenvalue weighted by atomic mass is 10.00. The Bertz CT molecular complexity index is 570. The smallest absolute Gasteiger partial charge is 0.303 e. The molecular formula is C11H15NO4S2. The first kappa shape index (κ1) is 13.5. The van der Waals surface area contributed by atoms with E-state index < -0.39 is 16.0 Å². The van der Waals surface area contributed by atoms with E-state index >= 15 is 0 Å². The van der Waals surface area contributed by atoms with Crippen LogP contribution < -0.4 is 0 Å². The topological polar surface area (TPSA) is 74.7 Å². The largest absolute Gasteiger partial charge is 0.481 e. The number of aliphatic carboxylic acids is 1. The molecule has 18 heavy (non-hydrogen) atoms. The number of hydrogen-bond acceptors (Lipinski definition) is 4. The number of sulfonamides is 1. The van der Waals surface area contributed by atoms with Crippen LogP contribution >= 0.6 is 11.3 Å². The minimum atomic E-state index is -3.43. The molecule has 1 aromatic heterocycles. The third-order valence-corrected chi connectivity index (χ3v) is 6.05. The predicted molar refractivity (Wildman–Crippen MR) is 68.3 cm³/mol. The molecule has 1 fully saturated rings. The summed E-state index contributed by atoms with van der Waals surface area (Å²) < 4.78 is 25.9. The van der Waals surface area contributed by atoms with E-state index in [-0.39, 0.29) is 12.3 Å². The van der Waals surface area contributed by atoms with Gasteiger partial charge >= 0.3 is 5.97 Å². The van der Waals surface area contributed by atoms with Crippen molar-refractivity contribution in [3.8, 4) is 0 Å². The van der Waals surface area contributed by atoms with Crippen molar-refractivity contribution >= 4 is 27.3 Å². The molecule has 0 amide bonds. The normalized spacial score (nSPS) is 17.7. The van der Waals surface area contributed by atoms with Crippen LogP contribution in [0.3, 0.4) is 0 Å². The van der Waals surface area contributed by atoms with E-state index in [9.17, 15) is 13.2 Å². The van der Waals surface area contributed by atoms with Gasteiger partial charge in [-0.05, 0) is 25.8 Å². The number of carboxylic acid groups (broad SMARTS) is 1. The van der Waals surface area contributed by atoms with Crippen LogP contribution in [0.1, 0.15) is 16.2 Å². The lowest BCUT2D eigenvalue weighted by molar-refractivity contribution is -0.139. The SMILES string of the molecule is Cc1cc(S(=O)(=O)N2CC(CC(=O)O)C2)c(C)s1. The zero-order valence-corrected chi connectivity index (χ0v) is 11.8. The van der Waals surface area contributed by atoms with Crippen molar-refractivity contribution in [2.24, 2.45) is 5.92 Å². The quantitative estimate of drug-likeness (QED) is 0.910. The van der Waals surface area contributed by atoms with Crippen LogP contribution in [0.2, 0.25) is 0 Å². The van der Waals surface area contributed by atoms with Crippen molar-refractivity contribution in [1.29, 1.82) is 0 Å². The molecule has 0 unspecified atom stereocenters. The lowest BCUT2D eigenvalue weighted by Crippen LogP contribution is -2.50. The monoisotopic (exact) mass is 289 g/mol. The van der Waals surface area contributed by atoms with Gasteiger partial charge in [-0.1, -0.05) is 0 Å². The van der Waals surface area contributed by atoms with Crippen LogP contribution in [0.5, 0.6) is 0 Å². The lowest BCUT2D eigenvalue weighted by Gasteiger charge is -2.37. The molecule has 5 nitrogen and oxygen atoms in total. The van der Waals surface area contributed by atoms with Crippen LogP contribution in [0, 0.1) is 19.8 Å². The van der Waals surface area contributed by atoms with Crippen molar-refractivity contribution in [3.63, 3.8) is 0 Å². The molecule has 100 valence electrons. The third kappa shape index (κ3) is 2.43. The molecule has 0 atom stereocenters. The molecule has 0 radical (unpaired) electrons. The summed E-state index contributed by atoms with van der Waals surface area (Å²) in [5.74, 6) is -0.933. The molecule has 0 spiro atoms. The second kappa shape index (κ2) is 4.64. The molecule has 1 saturated heterocycles. The van der Waals surface area contributed by atoms with Gasteiger partial charge in [-0.2, -0.15) is 4.31 Å².